The maximum absolute atomic E-state index is 12.6. The second-order valence-electron chi connectivity index (χ2n) is 3.40. The molecule has 0 spiro atoms. The summed E-state index contributed by atoms with van der Waals surface area (Å²) in [5.74, 6) is -4.43. The van der Waals surface area contributed by atoms with E-state index < -0.39 is 21.5 Å². The SMILES string of the molecule is CC(F)(F)CS(=O)(=O)c1ccc(N)cc1. The molecule has 0 fully saturated rings. The van der Waals surface area contributed by atoms with Crippen molar-refractivity contribution < 1.29 is 17.2 Å². The van der Waals surface area contributed by atoms with Gasteiger partial charge in [0, 0.05) is 12.6 Å². The summed E-state index contributed by atoms with van der Waals surface area (Å²) in [6.07, 6.45) is 0. The summed E-state index contributed by atoms with van der Waals surface area (Å²) in [7, 11) is -3.94. The molecule has 0 saturated carbocycles. The van der Waals surface area contributed by atoms with E-state index in [0.717, 1.165) is 0 Å². The number of hydrogen-bond acceptors (Lipinski definition) is 3. The third kappa shape index (κ3) is 3.47. The quantitative estimate of drug-likeness (QED) is 0.811. The van der Waals surface area contributed by atoms with Gasteiger partial charge in [-0.2, -0.15) is 0 Å². The number of sulfone groups is 1. The van der Waals surface area contributed by atoms with Crippen molar-refractivity contribution in [3.63, 3.8) is 0 Å². The summed E-state index contributed by atoms with van der Waals surface area (Å²) in [4.78, 5) is -0.141. The molecular formula is C9H11F2NO2S. The van der Waals surface area contributed by atoms with Crippen LogP contribution in [0, 0.1) is 0 Å². The van der Waals surface area contributed by atoms with Crippen molar-refractivity contribution in [1.29, 1.82) is 0 Å². The summed E-state index contributed by atoms with van der Waals surface area (Å²) in [5, 5.41) is 0. The van der Waals surface area contributed by atoms with Crippen molar-refractivity contribution in [1.82, 2.24) is 0 Å². The normalized spacial score (nSPS) is 12.7. The first-order valence-electron chi connectivity index (χ1n) is 4.17. The molecule has 15 heavy (non-hydrogen) atoms. The molecule has 84 valence electrons. The Kier molecular flexibility index (Phi) is 2.99. The summed E-state index contributed by atoms with van der Waals surface area (Å²) >= 11 is 0. The Morgan fingerprint density at radius 3 is 2.13 bits per heavy atom. The minimum Gasteiger partial charge on any atom is -0.399 e. The van der Waals surface area contributed by atoms with Gasteiger partial charge in [0.1, 0.15) is 5.75 Å². The zero-order valence-electron chi connectivity index (χ0n) is 8.07. The molecule has 0 amide bonds. The van der Waals surface area contributed by atoms with E-state index in [1.165, 1.54) is 24.3 Å². The number of hydrogen-bond donors (Lipinski definition) is 1. The monoisotopic (exact) mass is 235 g/mol. The molecule has 1 aromatic carbocycles. The molecule has 0 atom stereocenters. The Morgan fingerprint density at radius 1 is 1.27 bits per heavy atom. The van der Waals surface area contributed by atoms with Gasteiger partial charge < -0.3 is 5.73 Å². The average Bonchev–Trinajstić information content (AvgIpc) is 2.00. The summed E-state index contributed by atoms with van der Waals surface area (Å²) in [5.41, 5.74) is 5.74. The van der Waals surface area contributed by atoms with Crippen molar-refractivity contribution in [2.45, 2.75) is 17.7 Å². The van der Waals surface area contributed by atoms with Crippen LogP contribution in [0.5, 0.6) is 0 Å². The number of nitrogens with two attached hydrogens (primary N) is 1. The van der Waals surface area contributed by atoms with E-state index in [1.807, 2.05) is 0 Å². The summed E-state index contributed by atoms with van der Waals surface area (Å²) in [6, 6.07) is 5.16. The highest BCUT2D eigenvalue weighted by Crippen LogP contribution is 2.21. The fraction of sp³-hybridized carbons (Fsp3) is 0.333. The fourth-order valence-corrected chi connectivity index (χ4v) is 2.48. The maximum Gasteiger partial charge on any atom is 0.259 e. The molecule has 0 aromatic heterocycles. The van der Waals surface area contributed by atoms with Crippen LogP contribution in [-0.2, 0) is 9.84 Å². The van der Waals surface area contributed by atoms with Crippen molar-refractivity contribution in [2.24, 2.45) is 0 Å². The van der Waals surface area contributed by atoms with Crippen LogP contribution >= 0.6 is 0 Å². The van der Waals surface area contributed by atoms with Crippen LogP contribution in [0.4, 0.5) is 14.5 Å². The first kappa shape index (κ1) is 11.9. The Hall–Kier alpha value is -1.17. The Morgan fingerprint density at radius 2 is 1.73 bits per heavy atom. The van der Waals surface area contributed by atoms with Crippen LogP contribution in [-0.4, -0.2) is 20.1 Å². The maximum atomic E-state index is 12.6. The predicted molar refractivity (Wildman–Crippen MR) is 53.5 cm³/mol. The zero-order chi connectivity index (χ0) is 11.7. The van der Waals surface area contributed by atoms with Gasteiger partial charge in [-0.25, -0.2) is 17.2 Å². The van der Waals surface area contributed by atoms with E-state index in [2.05, 4.69) is 0 Å². The lowest BCUT2D eigenvalue weighted by atomic mass is 10.3. The van der Waals surface area contributed by atoms with E-state index in [4.69, 9.17) is 5.73 Å². The van der Waals surface area contributed by atoms with Gasteiger partial charge in [-0.3, -0.25) is 0 Å². The Bertz CT molecular complexity index is 434. The van der Waals surface area contributed by atoms with Crippen LogP contribution in [0.15, 0.2) is 29.2 Å². The van der Waals surface area contributed by atoms with Crippen LogP contribution in [0.2, 0.25) is 0 Å². The van der Waals surface area contributed by atoms with Crippen LogP contribution < -0.4 is 5.73 Å². The molecule has 3 nitrogen and oxygen atoms in total. The summed E-state index contributed by atoms with van der Waals surface area (Å²) in [6.45, 7) is 0.571. The standard InChI is InChI=1S/C9H11F2NO2S/c1-9(10,11)6-15(13,14)8-4-2-7(12)3-5-8/h2-5H,6,12H2,1H3. The minimum atomic E-state index is -3.94. The van der Waals surface area contributed by atoms with Gasteiger partial charge in [0.05, 0.1) is 4.90 Å². The van der Waals surface area contributed by atoms with Gasteiger partial charge in [0.15, 0.2) is 9.84 Å². The first-order chi connectivity index (χ1) is 6.71. The van der Waals surface area contributed by atoms with Gasteiger partial charge in [-0.1, -0.05) is 0 Å². The summed E-state index contributed by atoms with van der Waals surface area (Å²) < 4.78 is 48.0. The molecule has 0 saturated heterocycles. The third-order valence-corrected chi connectivity index (χ3v) is 3.56. The Balaban J connectivity index is 3.02. The van der Waals surface area contributed by atoms with Crippen molar-refractivity contribution in [2.75, 3.05) is 11.5 Å². The van der Waals surface area contributed by atoms with E-state index in [9.17, 15) is 17.2 Å². The van der Waals surface area contributed by atoms with E-state index in [0.29, 0.717) is 12.6 Å². The zero-order valence-corrected chi connectivity index (χ0v) is 8.89. The number of halogens is 2. The van der Waals surface area contributed by atoms with Gasteiger partial charge in [0.25, 0.3) is 5.92 Å². The van der Waals surface area contributed by atoms with Crippen LogP contribution in [0.1, 0.15) is 6.92 Å². The molecule has 0 bridgehead atoms. The van der Waals surface area contributed by atoms with Crippen molar-refractivity contribution >= 4 is 15.5 Å². The van der Waals surface area contributed by atoms with E-state index in [1.54, 1.807) is 0 Å². The largest absolute Gasteiger partial charge is 0.399 e. The molecule has 0 aliphatic rings. The minimum absolute atomic E-state index is 0.141. The van der Waals surface area contributed by atoms with E-state index >= 15 is 0 Å². The second kappa shape index (κ2) is 3.77. The molecule has 0 radical (unpaired) electrons. The molecule has 1 rings (SSSR count). The molecule has 2 N–H and O–H groups in total. The van der Waals surface area contributed by atoms with E-state index in [-0.39, 0.29) is 4.90 Å². The highest BCUT2D eigenvalue weighted by molar-refractivity contribution is 7.91. The van der Waals surface area contributed by atoms with Gasteiger partial charge in [-0.05, 0) is 24.3 Å². The van der Waals surface area contributed by atoms with Gasteiger partial charge in [0.2, 0.25) is 0 Å². The van der Waals surface area contributed by atoms with Crippen molar-refractivity contribution in [3.8, 4) is 0 Å². The van der Waals surface area contributed by atoms with Crippen molar-refractivity contribution in [3.05, 3.63) is 24.3 Å². The number of anilines is 1. The molecule has 1 aromatic rings. The molecule has 0 aliphatic carbocycles. The highest BCUT2D eigenvalue weighted by atomic mass is 32.2. The third-order valence-electron chi connectivity index (χ3n) is 1.68. The molecule has 0 heterocycles. The smallest absolute Gasteiger partial charge is 0.259 e. The van der Waals surface area contributed by atoms with Gasteiger partial charge >= 0.3 is 0 Å². The second-order valence-corrected chi connectivity index (χ2v) is 5.39. The van der Waals surface area contributed by atoms with Crippen LogP contribution in [0.3, 0.4) is 0 Å². The average molecular weight is 235 g/mol. The topological polar surface area (TPSA) is 60.2 Å². The van der Waals surface area contributed by atoms with Gasteiger partial charge in [-0.15, -0.1) is 0 Å². The number of benzene rings is 1. The number of rotatable bonds is 3. The number of alkyl halides is 2. The first-order valence-corrected chi connectivity index (χ1v) is 5.82. The lowest BCUT2D eigenvalue weighted by Crippen LogP contribution is -2.24. The highest BCUT2D eigenvalue weighted by Gasteiger charge is 2.30. The van der Waals surface area contributed by atoms with Crippen LogP contribution in [0.25, 0.3) is 0 Å². The number of nitrogen functional groups attached to an aromatic ring is 1. The lowest BCUT2D eigenvalue weighted by molar-refractivity contribution is 0.0473. The lowest BCUT2D eigenvalue weighted by Gasteiger charge is -2.10. The molecule has 6 heteroatoms. The molecule has 0 aliphatic heterocycles. The molecular weight excluding hydrogens is 224 g/mol. The molecule has 0 unspecified atom stereocenters. The Labute approximate surface area is 86.8 Å². The fourth-order valence-electron chi connectivity index (χ4n) is 1.09. The predicted octanol–water partition coefficient (Wildman–Crippen LogP) is 1.70.